The first kappa shape index (κ1) is 20.5. The first-order valence-corrected chi connectivity index (χ1v) is 9.02. The Kier molecular flexibility index (Phi) is 7.66. The third kappa shape index (κ3) is 4.86. The van der Waals surface area contributed by atoms with Gasteiger partial charge in [-0.15, -0.1) is 35.3 Å². The monoisotopic (exact) mass is 485 g/mol. The fourth-order valence-corrected chi connectivity index (χ4v) is 3.66. The van der Waals surface area contributed by atoms with E-state index < -0.39 is 0 Å². The van der Waals surface area contributed by atoms with Crippen molar-refractivity contribution in [2.75, 3.05) is 38.1 Å². The SMILES string of the molecule is CN=C(NCc1cc(C#N)ccc1F)N1CCN(c2cccs2)CC1.I. The lowest BCUT2D eigenvalue weighted by atomic mass is 10.1. The fraction of sp³-hybridized carbons (Fsp3) is 0.333. The minimum atomic E-state index is -0.315. The summed E-state index contributed by atoms with van der Waals surface area (Å²) in [5.74, 6) is 0.442. The molecule has 26 heavy (non-hydrogen) atoms. The molecule has 1 fully saturated rings. The number of anilines is 1. The molecule has 1 aromatic carbocycles. The molecule has 0 amide bonds. The summed E-state index contributed by atoms with van der Waals surface area (Å²) in [7, 11) is 1.73. The van der Waals surface area contributed by atoms with Crippen LogP contribution < -0.4 is 10.2 Å². The molecule has 0 atom stereocenters. The highest BCUT2D eigenvalue weighted by atomic mass is 127. The molecule has 1 aromatic heterocycles. The quantitative estimate of drug-likeness (QED) is 0.412. The second-order valence-corrected chi connectivity index (χ2v) is 6.67. The third-order valence-electron chi connectivity index (χ3n) is 4.22. The van der Waals surface area contributed by atoms with Gasteiger partial charge in [0.25, 0.3) is 0 Å². The van der Waals surface area contributed by atoms with Gasteiger partial charge in [0.1, 0.15) is 5.82 Å². The highest BCUT2D eigenvalue weighted by Gasteiger charge is 2.20. The summed E-state index contributed by atoms with van der Waals surface area (Å²) in [6, 6.07) is 10.6. The Balaban J connectivity index is 0.00000243. The van der Waals surface area contributed by atoms with Crippen molar-refractivity contribution in [3.63, 3.8) is 0 Å². The van der Waals surface area contributed by atoms with E-state index in [9.17, 15) is 4.39 Å². The van der Waals surface area contributed by atoms with Crippen molar-refractivity contribution in [2.45, 2.75) is 6.54 Å². The Hall–Kier alpha value is -1.86. The van der Waals surface area contributed by atoms with Gasteiger partial charge in [0.05, 0.1) is 16.6 Å². The second kappa shape index (κ2) is 9.73. The molecule has 1 aliphatic rings. The molecule has 2 heterocycles. The van der Waals surface area contributed by atoms with Crippen LogP contribution in [-0.2, 0) is 6.54 Å². The maximum Gasteiger partial charge on any atom is 0.194 e. The van der Waals surface area contributed by atoms with E-state index in [1.54, 1.807) is 24.5 Å². The van der Waals surface area contributed by atoms with Crippen LogP contribution >= 0.6 is 35.3 Å². The zero-order valence-corrected chi connectivity index (χ0v) is 17.6. The lowest BCUT2D eigenvalue weighted by Gasteiger charge is -2.37. The minimum absolute atomic E-state index is 0. The van der Waals surface area contributed by atoms with Crippen LogP contribution in [0.4, 0.5) is 9.39 Å². The number of hydrogen-bond donors (Lipinski definition) is 1. The van der Waals surface area contributed by atoms with Crippen molar-refractivity contribution >= 4 is 46.3 Å². The van der Waals surface area contributed by atoms with Crippen molar-refractivity contribution in [1.82, 2.24) is 10.2 Å². The molecule has 0 unspecified atom stereocenters. The molecule has 1 saturated heterocycles. The number of guanidine groups is 1. The van der Waals surface area contributed by atoms with Crippen molar-refractivity contribution in [1.29, 1.82) is 5.26 Å². The Morgan fingerprint density at radius 2 is 2.08 bits per heavy atom. The standard InChI is InChI=1S/C18H20FN5S.HI/c1-21-18(22-13-15-11-14(12-20)4-5-16(15)19)24-8-6-23(7-9-24)17-3-2-10-25-17;/h2-5,10-11H,6-9,13H2,1H3,(H,21,22);1H. The van der Waals surface area contributed by atoms with Crippen LogP contribution in [-0.4, -0.2) is 44.1 Å². The molecule has 1 aliphatic heterocycles. The van der Waals surface area contributed by atoms with Gasteiger partial charge in [-0.1, -0.05) is 0 Å². The van der Waals surface area contributed by atoms with Crippen molar-refractivity contribution in [2.24, 2.45) is 4.99 Å². The Morgan fingerprint density at radius 3 is 2.69 bits per heavy atom. The van der Waals surface area contributed by atoms with E-state index in [1.165, 1.54) is 17.1 Å². The number of hydrogen-bond acceptors (Lipinski definition) is 4. The molecule has 138 valence electrons. The molecule has 0 radical (unpaired) electrons. The van der Waals surface area contributed by atoms with Crippen LogP contribution in [0.5, 0.6) is 0 Å². The first-order chi connectivity index (χ1) is 12.2. The predicted octanol–water partition coefficient (Wildman–Crippen LogP) is 3.27. The van der Waals surface area contributed by atoms with Crippen LogP contribution in [0.1, 0.15) is 11.1 Å². The van der Waals surface area contributed by atoms with E-state index >= 15 is 0 Å². The molecule has 3 rings (SSSR count). The zero-order chi connectivity index (χ0) is 17.6. The van der Waals surface area contributed by atoms with Gasteiger partial charge in [0.2, 0.25) is 0 Å². The average molecular weight is 485 g/mol. The largest absolute Gasteiger partial charge is 0.360 e. The van der Waals surface area contributed by atoms with Crippen LogP contribution in [0.15, 0.2) is 40.7 Å². The van der Waals surface area contributed by atoms with Crippen molar-refractivity contribution in [3.05, 3.63) is 52.7 Å². The number of benzene rings is 1. The molecule has 0 bridgehead atoms. The van der Waals surface area contributed by atoms with E-state index in [0.717, 1.165) is 32.1 Å². The van der Waals surface area contributed by atoms with Gasteiger partial charge >= 0.3 is 0 Å². The zero-order valence-electron chi connectivity index (χ0n) is 14.5. The summed E-state index contributed by atoms with van der Waals surface area (Å²) in [6.45, 7) is 3.88. The molecule has 0 aliphatic carbocycles. The Bertz CT molecular complexity index is 779. The number of rotatable bonds is 3. The summed E-state index contributed by atoms with van der Waals surface area (Å²) >= 11 is 1.75. The molecule has 2 aromatic rings. The summed E-state index contributed by atoms with van der Waals surface area (Å²) in [5, 5.41) is 15.5. The number of nitrogens with zero attached hydrogens (tertiary/aromatic N) is 4. The van der Waals surface area contributed by atoms with E-state index in [2.05, 4.69) is 37.6 Å². The average Bonchev–Trinajstić information content (AvgIpc) is 3.19. The third-order valence-corrected chi connectivity index (χ3v) is 5.15. The van der Waals surface area contributed by atoms with E-state index in [0.29, 0.717) is 17.7 Å². The minimum Gasteiger partial charge on any atom is -0.360 e. The summed E-state index contributed by atoms with van der Waals surface area (Å²) < 4.78 is 13.9. The van der Waals surface area contributed by atoms with E-state index in [4.69, 9.17) is 5.26 Å². The number of piperazine rings is 1. The van der Waals surface area contributed by atoms with Crippen LogP contribution in [0.3, 0.4) is 0 Å². The molecule has 0 spiro atoms. The van der Waals surface area contributed by atoms with Crippen LogP contribution in [0, 0.1) is 17.1 Å². The number of nitriles is 1. The molecule has 5 nitrogen and oxygen atoms in total. The maximum absolute atomic E-state index is 13.9. The van der Waals surface area contributed by atoms with Crippen molar-refractivity contribution < 1.29 is 4.39 Å². The Labute approximate surface area is 174 Å². The Morgan fingerprint density at radius 1 is 1.31 bits per heavy atom. The number of halogens is 2. The van der Waals surface area contributed by atoms with Gasteiger partial charge < -0.3 is 15.1 Å². The lowest BCUT2D eigenvalue weighted by Crippen LogP contribution is -2.52. The highest BCUT2D eigenvalue weighted by molar-refractivity contribution is 14.0. The van der Waals surface area contributed by atoms with Gasteiger partial charge in [-0.05, 0) is 35.7 Å². The molecule has 1 N–H and O–H groups in total. The summed E-state index contributed by atoms with van der Waals surface area (Å²) in [5.41, 5.74) is 0.926. The van der Waals surface area contributed by atoms with Gasteiger partial charge in [0.15, 0.2) is 5.96 Å². The molecule has 8 heteroatoms. The van der Waals surface area contributed by atoms with Gasteiger partial charge in [0, 0.05) is 45.3 Å². The number of thiophene rings is 1. The van der Waals surface area contributed by atoms with Crippen LogP contribution in [0.2, 0.25) is 0 Å². The topological polar surface area (TPSA) is 54.7 Å². The van der Waals surface area contributed by atoms with E-state index in [1.807, 2.05) is 6.07 Å². The molecule has 0 saturated carbocycles. The summed E-state index contributed by atoms with van der Waals surface area (Å²) in [4.78, 5) is 8.86. The molecular formula is C18H21FIN5S. The van der Waals surface area contributed by atoms with Crippen molar-refractivity contribution in [3.8, 4) is 6.07 Å². The smallest absolute Gasteiger partial charge is 0.194 e. The fourth-order valence-electron chi connectivity index (χ4n) is 2.87. The molecular weight excluding hydrogens is 464 g/mol. The number of nitrogens with one attached hydrogen (secondary N) is 1. The predicted molar refractivity (Wildman–Crippen MR) is 115 cm³/mol. The van der Waals surface area contributed by atoms with Crippen LogP contribution in [0.25, 0.3) is 0 Å². The second-order valence-electron chi connectivity index (χ2n) is 5.74. The lowest BCUT2D eigenvalue weighted by molar-refractivity contribution is 0.373. The van der Waals surface area contributed by atoms with Gasteiger partial charge in [-0.25, -0.2) is 4.39 Å². The first-order valence-electron chi connectivity index (χ1n) is 8.14. The van der Waals surface area contributed by atoms with Gasteiger partial charge in [-0.3, -0.25) is 4.99 Å². The number of aliphatic imine (C=N–C) groups is 1. The maximum atomic E-state index is 13.9. The normalized spacial score (nSPS) is 14.6. The van der Waals surface area contributed by atoms with E-state index in [-0.39, 0.29) is 29.8 Å². The summed E-state index contributed by atoms with van der Waals surface area (Å²) in [6.07, 6.45) is 0. The highest BCUT2D eigenvalue weighted by Crippen LogP contribution is 2.22. The van der Waals surface area contributed by atoms with Gasteiger partial charge in [-0.2, -0.15) is 5.26 Å².